The average Bonchev–Trinajstić information content (AvgIpc) is 2.38. The first-order valence-electron chi connectivity index (χ1n) is 6.39. The first-order chi connectivity index (χ1) is 8.58. The average molecular weight is 236 g/mol. The van der Waals surface area contributed by atoms with Crippen LogP contribution in [0.25, 0.3) is 0 Å². The molecule has 0 radical (unpaired) electrons. The number of hydrogen-bond acceptors (Lipinski definition) is 0. The van der Waals surface area contributed by atoms with Gasteiger partial charge in [-0.2, -0.15) is 0 Å². The number of aryl methyl sites for hydroxylation is 1. The molecule has 0 aromatic heterocycles. The Balaban J connectivity index is 2.33. The second-order valence-electron chi connectivity index (χ2n) is 5.08. The minimum absolute atomic E-state index is 1.30. The van der Waals surface area contributed by atoms with Gasteiger partial charge in [0.05, 0.1) is 0 Å². The predicted octanol–water partition coefficient (Wildman–Crippen LogP) is 4.95. The summed E-state index contributed by atoms with van der Waals surface area (Å²) >= 11 is 0. The van der Waals surface area contributed by atoms with Gasteiger partial charge in [0.25, 0.3) is 0 Å². The quantitative estimate of drug-likeness (QED) is 0.661. The SMILES string of the molecule is Cc1cccc([C-](C)c2cccc([C+](C)C)c2)c1. The van der Waals surface area contributed by atoms with E-state index >= 15 is 0 Å². The summed E-state index contributed by atoms with van der Waals surface area (Å²) in [5.74, 6) is 2.69. The van der Waals surface area contributed by atoms with E-state index in [2.05, 4.69) is 76.2 Å². The molecule has 2 rings (SSSR count). The van der Waals surface area contributed by atoms with Gasteiger partial charge in [-0.05, 0) is 18.6 Å². The summed E-state index contributed by atoms with van der Waals surface area (Å²) in [5.41, 5.74) is 5.24. The minimum atomic E-state index is 1.30. The number of hydrogen-bond donors (Lipinski definition) is 0. The second kappa shape index (κ2) is 5.22. The van der Waals surface area contributed by atoms with Gasteiger partial charge in [0.2, 0.25) is 0 Å². The maximum Gasteiger partial charge on any atom is 0.130 e. The lowest BCUT2D eigenvalue weighted by molar-refractivity contribution is 1.12. The van der Waals surface area contributed by atoms with Gasteiger partial charge in [0, 0.05) is 31.9 Å². The molecule has 0 aliphatic carbocycles. The van der Waals surface area contributed by atoms with Crippen molar-refractivity contribution < 1.29 is 0 Å². The van der Waals surface area contributed by atoms with Gasteiger partial charge < -0.3 is 0 Å². The van der Waals surface area contributed by atoms with Gasteiger partial charge in [0.15, 0.2) is 0 Å². The smallest absolute Gasteiger partial charge is 0.119 e. The standard InChI is InChI=1S/C18H20/c1-13(2)16-8-6-10-18(12-16)15(4)17-9-5-7-14(3)11-17/h5-12H,1-4H3. The normalized spacial score (nSPS) is 10.2. The molecule has 0 heterocycles. The van der Waals surface area contributed by atoms with Crippen LogP contribution in [-0.4, -0.2) is 0 Å². The molecule has 0 heteroatoms. The predicted molar refractivity (Wildman–Crippen MR) is 78.4 cm³/mol. The maximum absolute atomic E-state index is 2.27. The molecule has 0 fully saturated rings. The first-order valence-corrected chi connectivity index (χ1v) is 6.39. The zero-order chi connectivity index (χ0) is 13.1. The third kappa shape index (κ3) is 2.70. The van der Waals surface area contributed by atoms with Crippen molar-refractivity contribution in [2.75, 3.05) is 0 Å². The Morgan fingerprint density at radius 1 is 0.889 bits per heavy atom. The van der Waals surface area contributed by atoms with Crippen molar-refractivity contribution in [1.29, 1.82) is 0 Å². The molecule has 0 amide bonds. The van der Waals surface area contributed by atoms with Crippen LogP contribution < -0.4 is 0 Å². The third-order valence-corrected chi connectivity index (χ3v) is 3.32. The number of benzene rings is 2. The van der Waals surface area contributed by atoms with Crippen molar-refractivity contribution in [3.63, 3.8) is 0 Å². The summed E-state index contributed by atoms with van der Waals surface area (Å²) in [5, 5.41) is 0. The van der Waals surface area contributed by atoms with Crippen molar-refractivity contribution in [3.8, 4) is 0 Å². The van der Waals surface area contributed by atoms with Gasteiger partial charge in [-0.15, -0.1) is 17.7 Å². The summed E-state index contributed by atoms with van der Waals surface area (Å²) < 4.78 is 0. The Kier molecular flexibility index (Phi) is 3.66. The molecule has 0 N–H and O–H groups in total. The van der Waals surface area contributed by atoms with E-state index in [1.54, 1.807) is 0 Å². The molecule has 0 bridgehead atoms. The summed E-state index contributed by atoms with van der Waals surface area (Å²) in [6.07, 6.45) is 0. The van der Waals surface area contributed by atoms with Crippen LogP contribution in [0, 0.1) is 18.8 Å². The topological polar surface area (TPSA) is 0 Å². The van der Waals surface area contributed by atoms with Gasteiger partial charge in [-0.3, -0.25) is 0 Å². The highest BCUT2D eigenvalue weighted by atomic mass is 14.1. The Morgan fingerprint density at radius 3 is 2.11 bits per heavy atom. The first kappa shape index (κ1) is 12.6. The molecule has 0 aliphatic heterocycles. The molecule has 0 nitrogen and oxygen atoms in total. The molecule has 0 spiro atoms. The van der Waals surface area contributed by atoms with Crippen LogP contribution in [0.4, 0.5) is 0 Å². The van der Waals surface area contributed by atoms with Crippen LogP contribution in [0.2, 0.25) is 0 Å². The fourth-order valence-electron chi connectivity index (χ4n) is 2.11. The van der Waals surface area contributed by atoms with Crippen molar-refractivity contribution in [2.24, 2.45) is 0 Å². The Morgan fingerprint density at radius 2 is 1.50 bits per heavy atom. The highest BCUT2D eigenvalue weighted by Gasteiger charge is 2.10. The molecule has 92 valence electrons. The minimum Gasteiger partial charge on any atom is -0.119 e. The molecule has 2 aromatic carbocycles. The molecular formula is C18H20. The highest BCUT2D eigenvalue weighted by molar-refractivity contribution is 5.48. The van der Waals surface area contributed by atoms with Crippen LogP contribution in [0.5, 0.6) is 0 Å². The largest absolute Gasteiger partial charge is 0.130 e. The van der Waals surface area contributed by atoms with E-state index in [0.717, 1.165) is 0 Å². The molecule has 0 saturated carbocycles. The molecule has 0 aliphatic rings. The van der Waals surface area contributed by atoms with Crippen LogP contribution in [0.15, 0.2) is 48.5 Å². The maximum atomic E-state index is 2.27. The Bertz CT molecular complexity index is 523. The molecule has 0 atom stereocenters. The molecule has 0 saturated heterocycles. The zero-order valence-corrected chi connectivity index (χ0v) is 11.6. The van der Waals surface area contributed by atoms with Crippen LogP contribution in [0.1, 0.15) is 43.0 Å². The summed E-state index contributed by atoms with van der Waals surface area (Å²) in [6, 6.07) is 17.4. The van der Waals surface area contributed by atoms with Gasteiger partial charge in [-0.1, -0.05) is 36.6 Å². The molecular weight excluding hydrogens is 216 g/mol. The fraction of sp³-hybridized carbons (Fsp3) is 0.222. The van der Waals surface area contributed by atoms with Crippen LogP contribution in [-0.2, 0) is 0 Å². The van der Waals surface area contributed by atoms with Gasteiger partial charge in [-0.25, -0.2) is 0 Å². The van der Waals surface area contributed by atoms with E-state index in [1.165, 1.54) is 34.1 Å². The lowest BCUT2D eigenvalue weighted by Gasteiger charge is -2.18. The lowest BCUT2D eigenvalue weighted by Crippen LogP contribution is -1.99. The van der Waals surface area contributed by atoms with E-state index in [4.69, 9.17) is 0 Å². The van der Waals surface area contributed by atoms with Crippen molar-refractivity contribution in [2.45, 2.75) is 27.7 Å². The van der Waals surface area contributed by atoms with E-state index in [9.17, 15) is 0 Å². The monoisotopic (exact) mass is 236 g/mol. The van der Waals surface area contributed by atoms with Crippen molar-refractivity contribution >= 4 is 0 Å². The summed E-state index contributed by atoms with van der Waals surface area (Å²) in [6.45, 7) is 8.64. The van der Waals surface area contributed by atoms with Crippen molar-refractivity contribution in [1.82, 2.24) is 0 Å². The lowest BCUT2D eigenvalue weighted by atomic mass is 9.89. The fourth-order valence-corrected chi connectivity index (χ4v) is 2.11. The van der Waals surface area contributed by atoms with E-state index < -0.39 is 0 Å². The highest BCUT2D eigenvalue weighted by Crippen LogP contribution is 2.26. The molecule has 0 unspecified atom stereocenters. The Labute approximate surface area is 111 Å². The summed E-state index contributed by atoms with van der Waals surface area (Å²) in [4.78, 5) is 0. The third-order valence-electron chi connectivity index (χ3n) is 3.32. The van der Waals surface area contributed by atoms with Crippen LogP contribution in [0.3, 0.4) is 0 Å². The zero-order valence-electron chi connectivity index (χ0n) is 11.6. The van der Waals surface area contributed by atoms with Gasteiger partial charge >= 0.3 is 0 Å². The van der Waals surface area contributed by atoms with E-state index in [-0.39, 0.29) is 0 Å². The molecule has 18 heavy (non-hydrogen) atoms. The van der Waals surface area contributed by atoms with E-state index in [1.807, 2.05) is 0 Å². The van der Waals surface area contributed by atoms with Crippen molar-refractivity contribution in [3.05, 3.63) is 82.6 Å². The second-order valence-corrected chi connectivity index (χ2v) is 5.08. The Hall–Kier alpha value is -1.82. The van der Waals surface area contributed by atoms with Gasteiger partial charge in [0.1, 0.15) is 5.56 Å². The van der Waals surface area contributed by atoms with E-state index in [0.29, 0.717) is 0 Å². The molecule has 2 aromatic rings. The summed E-state index contributed by atoms with van der Waals surface area (Å²) in [7, 11) is 0. The van der Waals surface area contributed by atoms with Crippen LogP contribution >= 0.6 is 0 Å². The number of rotatable bonds is 3.